The molecule has 15 nitrogen and oxygen atoms in total. The third-order valence-electron chi connectivity index (χ3n) is 12.4. The summed E-state index contributed by atoms with van der Waals surface area (Å²) in [5, 5.41) is 10.1. The van der Waals surface area contributed by atoms with Crippen LogP contribution in [0, 0.1) is 11.7 Å². The number of carbonyl (C=O) groups excluding carboxylic acids is 3. The van der Waals surface area contributed by atoms with Crippen LogP contribution in [-0.2, 0) is 11.8 Å². The van der Waals surface area contributed by atoms with Crippen LogP contribution in [0.25, 0.3) is 16.7 Å². The van der Waals surface area contributed by atoms with E-state index in [1.165, 1.54) is 27.8 Å². The number of hydrogen-bond acceptors (Lipinski definition) is 9. The SMILES string of the molecule is CC(C)Oc1nc2nc(C3CCC(CN4CCC(c5cc6c(cc5F)c(N5CCC(=O)NC5=O)nn6C)CC4)CC3)cn2cc1C(=O)Nc1cccn([C@H]2C[C@H]2F)c1=O. The van der Waals surface area contributed by atoms with Gasteiger partial charge in [-0.15, -0.1) is 0 Å². The van der Waals surface area contributed by atoms with Crippen LogP contribution >= 0.6 is 0 Å². The Hall–Kier alpha value is -5.71. The fraction of sp³-hybridized carbons (Fsp3) is 0.500. The molecule has 2 N–H and O–H groups in total. The summed E-state index contributed by atoms with van der Waals surface area (Å²) in [7, 11) is 1.78. The average Bonchev–Trinajstić information content (AvgIpc) is 3.64. The van der Waals surface area contributed by atoms with Gasteiger partial charge < -0.3 is 19.5 Å². The van der Waals surface area contributed by atoms with Gasteiger partial charge in [-0.05, 0) is 107 Å². The molecule has 2 saturated carbocycles. The fourth-order valence-corrected chi connectivity index (χ4v) is 9.07. The number of piperidine rings is 1. The number of hydrogen-bond donors (Lipinski definition) is 2. The minimum atomic E-state index is -1.06. The number of imidazole rings is 1. The van der Waals surface area contributed by atoms with Crippen molar-refractivity contribution in [2.24, 2.45) is 13.0 Å². The van der Waals surface area contributed by atoms with Gasteiger partial charge in [-0.3, -0.25) is 33.7 Å². The maximum Gasteiger partial charge on any atom is 0.329 e. The zero-order chi connectivity index (χ0) is 41.1. The summed E-state index contributed by atoms with van der Waals surface area (Å²) in [6.45, 7) is 6.64. The van der Waals surface area contributed by atoms with Crippen molar-refractivity contribution in [2.75, 3.05) is 36.4 Å². The number of imide groups is 1. The van der Waals surface area contributed by atoms with Gasteiger partial charge in [0.05, 0.1) is 23.4 Å². The monoisotopic (exact) mass is 810 g/mol. The van der Waals surface area contributed by atoms with Gasteiger partial charge >= 0.3 is 6.03 Å². The van der Waals surface area contributed by atoms with E-state index in [-0.39, 0.29) is 66.2 Å². The summed E-state index contributed by atoms with van der Waals surface area (Å²) < 4.78 is 40.1. The third kappa shape index (κ3) is 7.67. The molecular formula is C42H48F2N10O5. The number of carbonyl (C=O) groups is 3. The first kappa shape index (κ1) is 38.8. The molecule has 59 heavy (non-hydrogen) atoms. The number of urea groups is 1. The number of aromatic nitrogens is 6. The fourth-order valence-electron chi connectivity index (χ4n) is 9.07. The van der Waals surface area contributed by atoms with Crippen LogP contribution in [0.1, 0.15) is 105 Å². The number of anilines is 2. The van der Waals surface area contributed by atoms with E-state index in [1.807, 2.05) is 26.1 Å². The lowest BCUT2D eigenvalue weighted by atomic mass is 9.80. The third-order valence-corrected chi connectivity index (χ3v) is 12.4. The smallest absolute Gasteiger partial charge is 0.329 e. The van der Waals surface area contributed by atoms with Crippen molar-refractivity contribution >= 4 is 46.0 Å². The van der Waals surface area contributed by atoms with Crippen LogP contribution < -0.4 is 25.8 Å². The first-order valence-electron chi connectivity index (χ1n) is 20.6. The Morgan fingerprint density at radius 2 is 1.78 bits per heavy atom. The van der Waals surface area contributed by atoms with E-state index in [0.29, 0.717) is 28.5 Å². The molecule has 4 fully saturated rings. The Bertz CT molecular complexity index is 2520. The molecule has 2 saturated heterocycles. The maximum absolute atomic E-state index is 15.7. The van der Waals surface area contributed by atoms with Gasteiger partial charge in [0.2, 0.25) is 17.6 Å². The molecule has 0 unspecified atom stereocenters. The number of benzene rings is 1. The van der Waals surface area contributed by atoms with Crippen LogP contribution in [0.4, 0.5) is 25.1 Å². The summed E-state index contributed by atoms with van der Waals surface area (Å²) >= 11 is 0. The molecule has 5 aromatic rings. The highest BCUT2D eigenvalue weighted by Crippen LogP contribution is 2.40. The molecule has 1 aromatic carbocycles. The summed E-state index contributed by atoms with van der Waals surface area (Å²) in [4.78, 5) is 64.2. The van der Waals surface area contributed by atoms with Crippen molar-refractivity contribution in [3.05, 3.63) is 75.8 Å². The molecule has 4 aromatic heterocycles. The number of amides is 4. The van der Waals surface area contributed by atoms with Crippen LogP contribution in [0.15, 0.2) is 47.7 Å². The zero-order valence-electron chi connectivity index (χ0n) is 33.4. The first-order valence-corrected chi connectivity index (χ1v) is 20.6. The number of fused-ring (bicyclic) bond motifs is 2. The van der Waals surface area contributed by atoms with Gasteiger partial charge in [-0.25, -0.2) is 18.6 Å². The number of ether oxygens (including phenoxy) is 1. The van der Waals surface area contributed by atoms with Gasteiger partial charge in [0.1, 0.15) is 23.2 Å². The normalized spacial score (nSPS) is 23.0. The molecule has 2 atom stereocenters. The molecule has 17 heteroatoms. The van der Waals surface area contributed by atoms with Crippen molar-refractivity contribution in [2.45, 2.75) is 95.4 Å². The van der Waals surface area contributed by atoms with E-state index >= 15 is 4.39 Å². The number of likely N-dealkylation sites (tertiary alicyclic amines) is 1. The molecule has 2 aliphatic heterocycles. The molecule has 4 aliphatic rings. The summed E-state index contributed by atoms with van der Waals surface area (Å²) in [6.07, 6.45) is 9.96. The summed E-state index contributed by atoms with van der Waals surface area (Å²) in [5.74, 6) is 0.570. The van der Waals surface area contributed by atoms with Crippen molar-refractivity contribution in [3.63, 3.8) is 0 Å². The molecule has 2 aliphatic carbocycles. The number of rotatable bonds is 10. The molecule has 0 bridgehead atoms. The Labute approximate surface area is 338 Å². The lowest BCUT2D eigenvalue weighted by Gasteiger charge is -2.36. The van der Waals surface area contributed by atoms with Gasteiger partial charge in [-0.1, -0.05) is 0 Å². The van der Waals surface area contributed by atoms with E-state index < -0.39 is 29.7 Å². The number of aryl methyl sites for hydroxylation is 1. The molecule has 0 spiro atoms. The molecule has 9 rings (SSSR count). The number of nitrogens with one attached hydrogen (secondary N) is 2. The predicted octanol–water partition coefficient (Wildman–Crippen LogP) is 5.84. The molecule has 0 radical (unpaired) electrons. The molecule has 310 valence electrons. The maximum atomic E-state index is 15.7. The van der Waals surface area contributed by atoms with Crippen LogP contribution in [-0.4, -0.2) is 89.9 Å². The van der Waals surface area contributed by atoms with Crippen molar-refractivity contribution in [1.29, 1.82) is 0 Å². The minimum absolute atomic E-state index is 0.0540. The second kappa shape index (κ2) is 15.5. The standard InChI is InChI=1S/C42H48F2N10O5/c1-23(2)59-39-29(38(56)45-32-5-4-13-53(40(32)57)35-19-31(35)44)21-52-22-33(46-41(52)48-39)26-8-6-24(7-9-26)20-51-14-10-25(11-15-51)27-18-34-28(17-30(27)43)37(49-50(34)3)54-16-12-36(55)47-42(54)58/h4-5,13,17-18,21-26,31,35H,6-12,14-16,19-20H2,1-3H3,(H,45,56)(H,47,55,58)/t24?,26?,31-,35+/m1/s1. The second-order valence-corrected chi connectivity index (χ2v) is 16.8. The van der Waals surface area contributed by atoms with Crippen LogP contribution in [0.2, 0.25) is 0 Å². The van der Waals surface area contributed by atoms with E-state index in [1.54, 1.807) is 28.4 Å². The Morgan fingerprint density at radius 1 is 1.02 bits per heavy atom. The zero-order valence-corrected chi connectivity index (χ0v) is 33.4. The lowest BCUT2D eigenvalue weighted by Crippen LogP contribution is -2.49. The Kier molecular flexibility index (Phi) is 10.2. The largest absolute Gasteiger partial charge is 0.474 e. The highest BCUT2D eigenvalue weighted by atomic mass is 19.1. The Balaban J connectivity index is 0.816. The number of halogens is 2. The van der Waals surface area contributed by atoms with E-state index in [2.05, 4.69) is 25.6 Å². The number of pyridine rings is 1. The molecule has 4 amide bonds. The van der Waals surface area contributed by atoms with Crippen LogP contribution in [0.5, 0.6) is 5.88 Å². The van der Waals surface area contributed by atoms with Gasteiger partial charge in [-0.2, -0.15) is 10.1 Å². The van der Waals surface area contributed by atoms with Gasteiger partial charge in [0.15, 0.2) is 5.82 Å². The number of alkyl halides is 1. The highest BCUT2D eigenvalue weighted by molar-refractivity contribution is 6.09. The van der Waals surface area contributed by atoms with Crippen molar-refractivity contribution < 1.29 is 27.9 Å². The van der Waals surface area contributed by atoms with E-state index in [4.69, 9.17) is 9.72 Å². The summed E-state index contributed by atoms with van der Waals surface area (Å²) in [5.41, 5.74) is 2.08. The minimum Gasteiger partial charge on any atom is -0.474 e. The first-order chi connectivity index (χ1) is 28.4. The predicted molar refractivity (Wildman–Crippen MR) is 215 cm³/mol. The van der Waals surface area contributed by atoms with Crippen molar-refractivity contribution in [1.82, 2.24) is 38.9 Å². The second-order valence-electron chi connectivity index (χ2n) is 16.8. The summed E-state index contributed by atoms with van der Waals surface area (Å²) in [6, 6.07) is 5.43. The lowest BCUT2D eigenvalue weighted by molar-refractivity contribution is -0.120. The highest BCUT2D eigenvalue weighted by Gasteiger charge is 2.40. The van der Waals surface area contributed by atoms with Crippen LogP contribution in [0.3, 0.4) is 0 Å². The molecular weight excluding hydrogens is 763 g/mol. The number of nitrogens with zero attached hydrogens (tertiary/aromatic N) is 8. The molecule has 6 heterocycles. The van der Waals surface area contributed by atoms with E-state index in [0.717, 1.165) is 69.4 Å². The van der Waals surface area contributed by atoms with E-state index in [9.17, 15) is 23.6 Å². The van der Waals surface area contributed by atoms with Gasteiger partial charge in [0.25, 0.3) is 11.5 Å². The Morgan fingerprint density at radius 3 is 2.49 bits per heavy atom. The van der Waals surface area contributed by atoms with Crippen molar-refractivity contribution in [3.8, 4) is 5.88 Å². The average molecular weight is 811 g/mol. The quantitative estimate of drug-likeness (QED) is 0.177. The van der Waals surface area contributed by atoms with Gasteiger partial charge in [0, 0.05) is 62.9 Å². The topological polar surface area (TPSA) is 161 Å².